The van der Waals surface area contributed by atoms with E-state index in [9.17, 15) is 19.8 Å². The molecule has 2 atom stereocenters. The van der Waals surface area contributed by atoms with Gasteiger partial charge >= 0.3 is 5.97 Å². The number of nitrogens with zero attached hydrogens (tertiary/aromatic N) is 2. The summed E-state index contributed by atoms with van der Waals surface area (Å²) in [6, 6.07) is 1.33. The lowest BCUT2D eigenvalue weighted by atomic mass is 9.95. The summed E-state index contributed by atoms with van der Waals surface area (Å²) in [5.41, 5.74) is 0.733. The van der Waals surface area contributed by atoms with Gasteiger partial charge in [-0.1, -0.05) is 6.92 Å². The van der Waals surface area contributed by atoms with Crippen LogP contribution in [0.5, 0.6) is 0 Å². The lowest BCUT2D eigenvalue weighted by molar-refractivity contribution is 0.0694. The zero-order valence-electron chi connectivity index (χ0n) is 15.4. The molecule has 2 aromatic rings. The number of pyridine rings is 1. The molecule has 27 heavy (non-hydrogen) atoms. The molecule has 2 heterocycles. The molecule has 2 aliphatic rings. The van der Waals surface area contributed by atoms with Crippen molar-refractivity contribution in [1.29, 1.82) is 0 Å². The first-order valence-corrected chi connectivity index (χ1v) is 9.33. The van der Waals surface area contributed by atoms with Crippen LogP contribution in [0.25, 0.3) is 10.9 Å². The third kappa shape index (κ3) is 2.90. The van der Waals surface area contributed by atoms with Crippen LogP contribution in [-0.4, -0.2) is 39.9 Å². The SMILES string of the molecule is Cc1c(N2CCC(O)C(C)C2)c(F)cc2c(=O)c(C(=O)O)cn(C3CC3)c12. The van der Waals surface area contributed by atoms with Crippen molar-refractivity contribution in [3.8, 4) is 0 Å². The van der Waals surface area contributed by atoms with Crippen molar-refractivity contribution in [2.75, 3.05) is 18.0 Å². The van der Waals surface area contributed by atoms with Gasteiger partial charge in [0.2, 0.25) is 5.43 Å². The van der Waals surface area contributed by atoms with Gasteiger partial charge in [0, 0.05) is 30.7 Å². The summed E-state index contributed by atoms with van der Waals surface area (Å²) in [7, 11) is 0. The molecule has 2 unspecified atom stereocenters. The van der Waals surface area contributed by atoms with E-state index in [1.165, 1.54) is 12.3 Å². The Morgan fingerprint density at radius 1 is 1.30 bits per heavy atom. The minimum Gasteiger partial charge on any atom is -0.477 e. The average molecular weight is 374 g/mol. The summed E-state index contributed by atoms with van der Waals surface area (Å²) in [6.45, 7) is 4.79. The Hall–Kier alpha value is -2.41. The highest BCUT2D eigenvalue weighted by molar-refractivity contribution is 5.95. The first-order valence-electron chi connectivity index (χ1n) is 9.33. The molecule has 1 aliphatic heterocycles. The van der Waals surface area contributed by atoms with E-state index in [-0.39, 0.29) is 22.9 Å². The number of hydrogen-bond acceptors (Lipinski definition) is 4. The number of aromatic carboxylic acids is 1. The molecule has 0 amide bonds. The number of aliphatic hydroxyl groups is 1. The van der Waals surface area contributed by atoms with Gasteiger partial charge in [0.15, 0.2) is 0 Å². The van der Waals surface area contributed by atoms with Crippen molar-refractivity contribution in [2.24, 2.45) is 5.92 Å². The second-order valence-corrected chi connectivity index (χ2v) is 7.82. The topological polar surface area (TPSA) is 82.8 Å². The van der Waals surface area contributed by atoms with Crippen LogP contribution in [-0.2, 0) is 0 Å². The Labute approximate surface area is 155 Å². The monoisotopic (exact) mass is 374 g/mol. The maximum Gasteiger partial charge on any atom is 0.341 e. The molecular formula is C20H23FN2O4. The number of piperidine rings is 1. The van der Waals surface area contributed by atoms with E-state index < -0.39 is 23.3 Å². The normalized spacial score (nSPS) is 23.0. The van der Waals surface area contributed by atoms with Crippen LogP contribution >= 0.6 is 0 Å². The second-order valence-electron chi connectivity index (χ2n) is 7.82. The predicted molar refractivity (Wildman–Crippen MR) is 100 cm³/mol. The van der Waals surface area contributed by atoms with Gasteiger partial charge in [0.1, 0.15) is 11.4 Å². The number of aliphatic hydroxyl groups excluding tert-OH is 1. The Morgan fingerprint density at radius 3 is 2.59 bits per heavy atom. The quantitative estimate of drug-likeness (QED) is 0.863. The van der Waals surface area contributed by atoms with Crippen molar-refractivity contribution in [3.63, 3.8) is 0 Å². The summed E-state index contributed by atoms with van der Waals surface area (Å²) >= 11 is 0. The van der Waals surface area contributed by atoms with E-state index in [1.807, 2.05) is 16.4 Å². The van der Waals surface area contributed by atoms with Gasteiger partial charge < -0.3 is 19.7 Å². The average Bonchev–Trinajstić information content (AvgIpc) is 3.43. The molecule has 1 aromatic heterocycles. The zero-order valence-corrected chi connectivity index (χ0v) is 15.4. The van der Waals surface area contributed by atoms with Crippen LogP contribution in [0.3, 0.4) is 0 Å². The third-order valence-electron chi connectivity index (χ3n) is 5.83. The predicted octanol–water partition coefficient (Wildman–Crippen LogP) is 2.69. The Bertz CT molecular complexity index is 996. The molecule has 0 radical (unpaired) electrons. The van der Waals surface area contributed by atoms with Gasteiger partial charge in [-0.05, 0) is 43.7 Å². The highest BCUT2D eigenvalue weighted by Crippen LogP contribution is 2.40. The minimum atomic E-state index is -1.29. The molecule has 144 valence electrons. The molecule has 2 N–H and O–H groups in total. The Kier molecular flexibility index (Phi) is 4.22. The summed E-state index contributed by atoms with van der Waals surface area (Å²) in [5.74, 6) is -1.80. The second kappa shape index (κ2) is 6.34. The first-order chi connectivity index (χ1) is 12.8. The lowest BCUT2D eigenvalue weighted by Gasteiger charge is -2.37. The number of halogens is 1. The number of anilines is 1. The molecule has 1 saturated heterocycles. The van der Waals surface area contributed by atoms with Crippen LogP contribution in [0.15, 0.2) is 17.1 Å². The summed E-state index contributed by atoms with van der Waals surface area (Å²) in [4.78, 5) is 26.0. The van der Waals surface area contributed by atoms with Crippen LogP contribution in [0.1, 0.15) is 48.1 Å². The fourth-order valence-electron chi connectivity index (χ4n) is 4.19. The van der Waals surface area contributed by atoms with Gasteiger partial charge in [0.05, 0.1) is 17.3 Å². The minimum absolute atomic E-state index is 0.0215. The van der Waals surface area contributed by atoms with E-state index in [1.54, 1.807) is 6.92 Å². The summed E-state index contributed by atoms with van der Waals surface area (Å²) in [6.07, 6.45) is 3.40. The van der Waals surface area contributed by atoms with Crippen molar-refractivity contribution >= 4 is 22.6 Å². The van der Waals surface area contributed by atoms with E-state index in [0.29, 0.717) is 36.3 Å². The van der Waals surface area contributed by atoms with E-state index >= 15 is 4.39 Å². The molecule has 0 spiro atoms. The lowest BCUT2D eigenvalue weighted by Crippen LogP contribution is -2.42. The maximum atomic E-state index is 15.1. The van der Waals surface area contributed by atoms with E-state index in [0.717, 1.165) is 12.8 Å². The van der Waals surface area contributed by atoms with Crippen molar-refractivity contribution < 1.29 is 19.4 Å². The molecule has 0 bridgehead atoms. The molecule has 1 aromatic carbocycles. The largest absolute Gasteiger partial charge is 0.477 e. The van der Waals surface area contributed by atoms with Crippen molar-refractivity contribution in [3.05, 3.63) is 39.4 Å². The smallest absolute Gasteiger partial charge is 0.341 e. The highest BCUT2D eigenvalue weighted by atomic mass is 19.1. The van der Waals surface area contributed by atoms with Crippen molar-refractivity contribution in [1.82, 2.24) is 4.57 Å². The molecule has 4 rings (SSSR count). The molecule has 7 heteroatoms. The fourth-order valence-corrected chi connectivity index (χ4v) is 4.19. The number of hydrogen-bond donors (Lipinski definition) is 2. The van der Waals surface area contributed by atoms with Crippen LogP contribution in [0.2, 0.25) is 0 Å². The standard InChI is InChI=1S/C20H23FN2O4/c1-10-8-22(6-5-16(10)24)18-11(2)17-13(7-15(18)21)19(25)14(20(26)27)9-23(17)12-3-4-12/h7,9-10,12,16,24H,3-6,8H2,1-2H3,(H,26,27). The van der Waals surface area contributed by atoms with E-state index in [4.69, 9.17) is 0 Å². The number of aromatic nitrogens is 1. The molecule has 6 nitrogen and oxygen atoms in total. The maximum absolute atomic E-state index is 15.1. The van der Waals surface area contributed by atoms with Crippen molar-refractivity contribution in [2.45, 2.75) is 45.3 Å². The zero-order chi connectivity index (χ0) is 19.5. The number of fused-ring (bicyclic) bond motifs is 1. The van der Waals surface area contributed by atoms with Gasteiger partial charge in [-0.3, -0.25) is 4.79 Å². The number of benzene rings is 1. The number of aryl methyl sites for hydroxylation is 1. The van der Waals surface area contributed by atoms with Gasteiger partial charge in [0.25, 0.3) is 0 Å². The Morgan fingerprint density at radius 2 is 2.00 bits per heavy atom. The third-order valence-corrected chi connectivity index (χ3v) is 5.83. The molecule has 2 fully saturated rings. The molecule has 1 saturated carbocycles. The number of carbonyl (C=O) groups is 1. The van der Waals surface area contributed by atoms with Crippen LogP contribution in [0.4, 0.5) is 10.1 Å². The summed E-state index contributed by atoms with van der Waals surface area (Å²) in [5, 5.41) is 19.5. The van der Waals surface area contributed by atoms with Crippen LogP contribution < -0.4 is 10.3 Å². The van der Waals surface area contributed by atoms with Gasteiger partial charge in [-0.2, -0.15) is 0 Å². The number of carboxylic acid groups (broad SMARTS) is 1. The summed E-state index contributed by atoms with van der Waals surface area (Å²) < 4.78 is 16.9. The number of rotatable bonds is 3. The highest BCUT2D eigenvalue weighted by Gasteiger charge is 2.31. The van der Waals surface area contributed by atoms with E-state index in [2.05, 4.69) is 0 Å². The fraction of sp³-hybridized carbons (Fsp3) is 0.500. The van der Waals surface area contributed by atoms with Gasteiger partial charge in [-0.15, -0.1) is 0 Å². The van der Waals surface area contributed by atoms with Crippen LogP contribution in [0, 0.1) is 18.7 Å². The molecular weight excluding hydrogens is 351 g/mol. The Balaban J connectivity index is 1.96. The van der Waals surface area contributed by atoms with Gasteiger partial charge in [-0.25, -0.2) is 9.18 Å². The number of carboxylic acids is 1. The first kappa shape index (κ1) is 18.0. The molecule has 1 aliphatic carbocycles.